The van der Waals surface area contributed by atoms with Gasteiger partial charge in [-0.05, 0) is 60.5 Å². The SMILES string of the molecule is C[C@H]1CN([C@@H](C)CO)C(=O)c2cc(NC(=O)Cc3cn(C)c4ccccc34)ccc2O[C@@H]1CN(C)Cc1ccc(-c2ccccc2)cc1. The monoisotopic (exact) mass is 644 g/mol. The molecular formula is C40H44N4O4. The van der Waals surface area contributed by atoms with E-state index in [0.717, 1.165) is 23.0 Å². The lowest BCUT2D eigenvalue weighted by atomic mass is 9.99. The molecule has 6 rings (SSSR count). The van der Waals surface area contributed by atoms with Crippen LogP contribution in [0.4, 0.5) is 5.69 Å². The maximum absolute atomic E-state index is 13.9. The zero-order chi connectivity index (χ0) is 33.8. The smallest absolute Gasteiger partial charge is 0.258 e. The fourth-order valence-corrected chi connectivity index (χ4v) is 6.58. The number of likely N-dealkylation sites (N-methyl/N-ethyl adjacent to an activating group) is 1. The summed E-state index contributed by atoms with van der Waals surface area (Å²) in [6, 6.07) is 31.9. The molecule has 248 valence electrons. The number of para-hydroxylation sites is 1. The fraction of sp³-hybridized carbons (Fsp3) is 0.300. The van der Waals surface area contributed by atoms with Gasteiger partial charge < -0.3 is 24.6 Å². The Morgan fingerprint density at radius 1 is 1.00 bits per heavy atom. The Hall–Kier alpha value is -4.92. The Kier molecular flexibility index (Phi) is 9.94. The fourth-order valence-electron chi connectivity index (χ4n) is 6.58. The number of hydrogen-bond acceptors (Lipinski definition) is 5. The summed E-state index contributed by atoms with van der Waals surface area (Å²) in [5.74, 6) is 0.0725. The standard InChI is InChI=1S/C40H44N4O4/c1-27-22-44(28(2)26-45)40(47)35-21-33(41-39(46)20-32-24-43(4)36-13-9-8-12-34(32)36)18-19-37(35)48-38(27)25-42(3)23-29-14-16-31(17-15-29)30-10-6-5-7-11-30/h5-19,21,24,27-28,38,45H,20,22-23,25-26H2,1-4H3,(H,41,46)/t27-,28-,38+/m0/s1. The van der Waals surface area contributed by atoms with Crippen LogP contribution in [0.15, 0.2) is 103 Å². The second-order valence-corrected chi connectivity index (χ2v) is 13.1. The molecule has 0 aliphatic carbocycles. The lowest BCUT2D eigenvalue weighted by Gasteiger charge is -2.38. The van der Waals surface area contributed by atoms with Crippen molar-refractivity contribution in [3.05, 3.63) is 120 Å². The molecule has 1 aliphatic heterocycles. The van der Waals surface area contributed by atoms with Crippen molar-refractivity contribution >= 4 is 28.4 Å². The van der Waals surface area contributed by atoms with Crippen LogP contribution in [-0.2, 0) is 24.8 Å². The third-order valence-electron chi connectivity index (χ3n) is 9.28. The second kappa shape index (κ2) is 14.5. The maximum Gasteiger partial charge on any atom is 0.258 e. The Labute approximate surface area is 282 Å². The summed E-state index contributed by atoms with van der Waals surface area (Å²) in [5.41, 5.74) is 6.47. The third-order valence-corrected chi connectivity index (χ3v) is 9.28. The molecule has 0 fully saturated rings. The van der Waals surface area contributed by atoms with E-state index in [1.807, 2.05) is 67.2 Å². The van der Waals surface area contributed by atoms with Gasteiger partial charge in [0.1, 0.15) is 11.9 Å². The van der Waals surface area contributed by atoms with Crippen LogP contribution in [0.2, 0.25) is 0 Å². The van der Waals surface area contributed by atoms with Crippen LogP contribution in [-0.4, -0.2) is 70.2 Å². The number of aromatic nitrogens is 1. The molecule has 2 amide bonds. The summed E-state index contributed by atoms with van der Waals surface area (Å²) in [4.78, 5) is 31.1. The van der Waals surface area contributed by atoms with E-state index in [0.29, 0.717) is 30.1 Å². The molecule has 48 heavy (non-hydrogen) atoms. The number of anilines is 1. The van der Waals surface area contributed by atoms with Gasteiger partial charge in [-0.15, -0.1) is 0 Å². The molecular weight excluding hydrogens is 600 g/mol. The van der Waals surface area contributed by atoms with Crippen LogP contribution >= 0.6 is 0 Å². The van der Waals surface area contributed by atoms with E-state index in [1.54, 1.807) is 23.1 Å². The first-order valence-corrected chi connectivity index (χ1v) is 16.6. The minimum atomic E-state index is -0.378. The topological polar surface area (TPSA) is 87.0 Å². The number of rotatable bonds is 10. The molecule has 0 saturated heterocycles. The van der Waals surface area contributed by atoms with Crippen LogP contribution in [0.1, 0.15) is 35.3 Å². The van der Waals surface area contributed by atoms with E-state index in [4.69, 9.17) is 4.74 Å². The number of carbonyl (C=O) groups is 2. The van der Waals surface area contributed by atoms with Crippen LogP contribution in [0.25, 0.3) is 22.0 Å². The van der Waals surface area contributed by atoms with Crippen molar-refractivity contribution in [1.82, 2.24) is 14.4 Å². The van der Waals surface area contributed by atoms with Crippen LogP contribution < -0.4 is 10.1 Å². The number of nitrogens with zero attached hydrogens (tertiary/aromatic N) is 3. The molecule has 0 unspecified atom stereocenters. The van der Waals surface area contributed by atoms with E-state index in [2.05, 4.69) is 60.6 Å². The molecule has 4 aromatic carbocycles. The minimum Gasteiger partial charge on any atom is -0.488 e. The van der Waals surface area contributed by atoms with Gasteiger partial charge in [-0.1, -0.05) is 79.7 Å². The van der Waals surface area contributed by atoms with Crippen molar-refractivity contribution in [2.45, 2.75) is 39.0 Å². The van der Waals surface area contributed by atoms with Gasteiger partial charge in [0, 0.05) is 55.4 Å². The van der Waals surface area contributed by atoms with Gasteiger partial charge >= 0.3 is 0 Å². The molecule has 2 heterocycles. The Morgan fingerprint density at radius 3 is 2.46 bits per heavy atom. The van der Waals surface area contributed by atoms with E-state index in [9.17, 15) is 14.7 Å². The van der Waals surface area contributed by atoms with E-state index < -0.39 is 0 Å². The highest BCUT2D eigenvalue weighted by Gasteiger charge is 2.33. The van der Waals surface area contributed by atoms with Crippen molar-refractivity contribution in [2.75, 3.05) is 32.1 Å². The maximum atomic E-state index is 13.9. The highest BCUT2D eigenvalue weighted by atomic mass is 16.5. The normalized spacial score (nSPS) is 17.0. The average molecular weight is 645 g/mol. The zero-order valence-corrected chi connectivity index (χ0v) is 28.1. The third kappa shape index (κ3) is 7.30. The number of aliphatic hydroxyl groups is 1. The minimum absolute atomic E-state index is 0.000851. The molecule has 3 atom stereocenters. The van der Waals surface area contributed by atoms with Crippen molar-refractivity contribution in [3.63, 3.8) is 0 Å². The Bertz CT molecular complexity index is 1890. The lowest BCUT2D eigenvalue weighted by Crippen LogP contribution is -2.49. The number of ether oxygens (including phenoxy) is 1. The summed E-state index contributed by atoms with van der Waals surface area (Å²) >= 11 is 0. The number of hydrogen-bond donors (Lipinski definition) is 2. The zero-order valence-electron chi connectivity index (χ0n) is 28.1. The summed E-state index contributed by atoms with van der Waals surface area (Å²) in [5, 5.41) is 14.1. The molecule has 5 aromatic rings. The first-order chi connectivity index (χ1) is 23.2. The highest BCUT2D eigenvalue weighted by molar-refractivity contribution is 6.00. The number of amides is 2. The number of aliphatic hydroxyl groups excluding tert-OH is 1. The van der Waals surface area contributed by atoms with Gasteiger partial charge in [0.25, 0.3) is 5.91 Å². The highest BCUT2D eigenvalue weighted by Crippen LogP contribution is 2.31. The molecule has 0 spiro atoms. The van der Waals surface area contributed by atoms with E-state index in [1.165, 1.54) is 16.7 Å². The van der Waals surface area contributed by atoms with Crippen molar-refractivity contribution in [3.8, 4) is 16.9 Å². The first kappa shape index (κ1) is 33.0. The number of fused-ring (bicyclic) bond motifs is 2. The van der Waals surface area contributed by atoms with Crippen molar-refractivity contribution in [1.29, 1.82) is 0 Å². The quantitative estimate of drug-likeness (QED) is 0.184. The molecule has 1 aliphatic rings. The molecule has 1 aromatic heterocycles. The summed E-state index contributed by atoms with van der Waals surface area (Å²) in [6.45, 7) is 5.60. The molecule has 0 saturated carbocycles. The van der Waals surface area contributed by atoms with Gasteiger partial charge in [-0.2, -0.15) is 0 Å². The molecule has 8 nitrogen and oxygen atoms in total. The van der Waals surface area contributed by atoms with Gasteiger partial charge in [-0.3, -0.25) is 14.5 Å². The molecule has 2 N–H and O–H groups in total. The van der Waals surface area contributed by atoms with Gasteiger partial charge in [0.15, 0.2) is 0 Å². The summed E-state index contributed by atoms with van der Waals surface area (Å²) in [6.07, 6.45) is 1.97. The number of nitrogens with one attached hydrogen (secondary N) is 1. The van der Waals surface area contributed by atoms with Gasteiger partial charge in [-0.25, -0.2) is 0 Å². The number of benzene rings is 4. The number of aryl methyl sites for hydroxylation is 1. The summed E-state index contributed by atoms with van der Waals surface area (Å²) < 4.78 is 8.63. The predicted molar refractivity (Wildman–Crippen MR) is 191 cm³/mol. The largest absolute Gasteiger partial charge is 0.488 e. The van der Waals surface area contributed by atoms with Crippen LogP contribution in [0.3, 0.4) is 0 Å². The van der Waals surface area contributed by atoms with E-state index in [-0.39, 0.29) is 42.9 Å². The van der Waals surface area contributed by atoms with Crippen molar-refractivity contribution < 1.29 is 19.4 Å². The van der Waals surface area contributed by atoms with Crippen LogP contribution in [0, 0.1) is 5.92 Å². The van der Waals surface area contributed by atoms with Gasteiger partial charge in [0.2, 0.25) is 5.91 Å². The second-order valence-electron chi connectivity index (χ2n) is 13.1. The number of carbonyl (C=O) groups excluding carboxylic acids is 2. The predicted octanol–water partition coefficient (Wildman–Crippen LogP) is 6.38. The summed E-state index contributed by atoms with van der Waals surface area (Å²) in [7, 11) is 4.05. The Balaban J connectivity index is 1.19. The first-order valence-electron chi connectivity index (χ1n) is 16.6. The lowest BCUT2D eigenvalue weighted by molar-refractivity contribution is -0.115. The van der Waals surface area contributed by atoms with Crippen LogP contribution in [0.5, 0.6) is 5.75 Å². The molecule has 0 radical (unpaired) electrons. The molecule has 8 heteroatoms. The van der Waals surface area contributed by atoms with Gasteiger partial charge in [0.05, 0.1) is 24.6 Å². The van der Waals surface area contributed by atoms with Crippen molar-refractivity contribution in [2.24, 2.45) is 13.0 Å². The molecule has 0 bridgehead atoms. The Morgan fingerprint density at radius 2 is 1.71 bits per heavy atom. The van der Waals surface area contributed by atoms with E-state index >= 15 is 0 Å². The average Bonchev–Trinajstić information content (AvgIpc) is 3.41.